The number of aromatic nitrogens is 1. The molecule has 2 aliphatic rings. The molecule has 3 heterocycles. The van der Waals surface area contributed by atoms with E-state index in [4.69, 9.17) is 9.15 Å². The highest BCUT2D eigenvalue weighted by molar-refractivity contribution is 7.90. The van der Waals surface area contributed by atoms with E-state index >= 15 is 0 Å². The molecule has 31 heavy (non-hydrogen) atoms. The fraction of sp³-hybridized carbons (Fsp3) is 0.435. The smallest absolute Gasteiger partial charge is 0.227 e. The molecule has 0 N–H and O–H groups in total. The maximum absolute atomic E-state index is 12.5. The van der Waals surface area contributed by atoms with Crippen LogP contribution in [0.3, 0.4) is 0 Å². The van der Waals surface area contributed by atoms with Gasteiger partial charge in [0.1, 0.15) is 12.0 Å². The van der Waals surface area contributed by atoms with Crippen molar-refractivity contribution in [2.75, 3.05) is 19.7 Å². The minimum Gasteiger partial charge on any atom is -0.486 e. The number of fused-ring (bicyclic) bond motifs is 1. The lowest BCUT2D eigenvalue weighted by Crippen LogP contribution is -2.41. The van der Waals surface area contributed by atoms with Crippen LogP contribution in [0.5, 0.6) is 5.75 Å². The average Bonchev–Trinajstić information content (AvgIpc) is 3.55. The van der Waals surface area contributed by atoms with Crippen molar-refractivity contribution in [1.29, 1.82) is 0 Å². The highest BCUT2D eigenvalue weighted by atomic mass is 32.2. The van der Waals surface area contributed by atoms with E-state index in [1.165, 1.54) is 12.3 Å². The molecule has 8 heteroatoms. The van der Waals surface area contributed by atoms with Gasteiger partial charge in [0.2, 0.25) is 21.2 Å². The van der Waals surface area contributed by atoms with Gasteiger partial charge in [-0.05, 0) is 42.4 Å². The van der Waals surface area contributed by atoms with Crippen molar-refractivity contribution < 1.29 is 17.6 Å². The lowest BCUT2D eigenvalue weighted by molar-refractivity contribution is 0.181. The van der Waals surface area contributed by atoms with Crippen molar-refractivity contribution in [2.45, 2.75) is 37.5 Å². The van der Waals surface area contributed by atoms with Crippen molar-refractivity contribution in [3.05, 3.63) is 65.0 Å². The Morgan fingerprint density at radius 2 is 1.71 bits per heavy atom. The van der Waals surface area contributed by atoms with Gasteiger partial charge >= 0.3 is 0 Å². The minimum absolute atomic E-state index is 0.159. The van der Waals surface area contributed by atoms with Crippen molar-refractivity contribution >= 4 is 20.8 Å². The summed E-state index contributed by atoms with van der Waals surface area (Å²) in [4.78, 5) is 12.5. The van der Waals surface area contributed by atoms with Crippen LogP contribution >= 0.6 is 0 Å². The zero-order chi connectivity index (χ0) is 21.4. The van der Waals surface area contributed by atoms with Crippen LogP contribution in [0.1, 0.15) is 31.4 Å². The van der Waals surface area contributed by atoms with Gasteiger partial charge in [0.05, 0.1) is 18.4 Å². The Morgan fingerprint density at radius 1 is 1.03 bits per heavy atom. The number of piperidine rings is 1. The zero-order valence-electron chi connectivity index (χ0n) is 17.3. The van der Waals surface area contributed by atoms with E-state index in [1.54, 1.807) is 4.31 Å². The fourth-order valence-corrected chi connectivity index (χ4v) is 6.03. The second-order valence-electron chi connectivity index (χ2n) is 8.53. The largest absolute Gasteiger partial charge is 0.486 e. The van der Waals surface area contributed by atoms with Gasteiger partial charge in [0.15, 0.2) is 0 Å². The Labute approximate surface area is 181 Å². The Hall–Kier alpha value is -2.58. The molecular formula is C23H26N2O5S. The van der Waals surface area contributed by atoms with Crippen molar-refractivity contribution in [2.24, 2.45) is 5.92 Å². The summed E-state index contributed by atoms with van der Waals surface area (Å²) in [6.45, 7) is 1.93. The van der Waals surface area contributed by atoms with Crippen LogP contribution in [0.2, 0.25) is 0 Å². The van der Waals surface area contributed by atoms with Crippen molar-refractivity contribution in [1.82, 2.24) is 8.87 Å². The van der Waals surface area contributed by atoms with E-state index in [1.807, 2.05) is 41.2 Å². The monoisotopic (exact) mass is 442 g/mol. The summed E-state index contributed by atoms with van der Waals surface area (Å²) in [6, 6.07) is 9.56. The number of sulfonamides is 1. The SMILES string of the molecule is O=c1cc(Cn2cc3ccccc3c2)occ1OCC1CCN(S(=O)(=O)C2CC2)CC1. The van der Waals surface area contributed by atoms with Crippen molar-refractivity contribution in [3.8, 4) is 5.75 Å². The summed E-state index contributed by atoms with van der Waals surface area (Å²) >= 11 is 0. The number of hydrogen-bond donors (Lipinski definition) is 0. The molecule has 0 amide bonds. The van der Waals surface area contributed by atoms with Gasteiger partial charge in [-0.1, -0.05) is 24.3 Å². The number of benzene rings is 1. The van der Waals surface area contributed by atoms with Crippen LogP contribution in [0, 0.1) is 5.92 Å². The predicted molar refractivity (Wildman–Crippen MR) is 118 cm³/mol. The van der Waals surface area contributed by atoms with Crippen LogP contribution < -0.4 is 10.2 Å². The van der Waals surface area contributed by atoms with Gasteiger partial charge in [-0.15, -0.1) is 0 Å². The van der Waals surface area contributed by atoms with Crippen LogP contribution in [0.4, 0.5) is 0 Å². The maximum atomic E-state index is 12.5. The van der Waals surface area contributed by atoms with Gasteiger partial charge in [-0.25, -0.2) is 12.7 Å². The molecule has 0 spiro atoms. The molecule has 1 aliphatic heterocycles. The summed E-state index contributed by atoms with van der Waals surface area (Å²) in [5, 5.41) is 2.12. The third kappa shape index (κ3) is 4.41. The summed E-state index contributed by atoms with van der Waals surface area (Å²) < 4.78 is 39.6. The molecule has 2 aromatic heterocycles. The van der Waals surface area contributed by atoms with E-state index < -0.39 is 10.0 Å². The minimum atomic E-state index is -3.10. The van der Waals surface area contributed by atoms with E-state index in [0.29, 0.717) is 32.0 Å². The molecule has 3 aromatic rings. The molecule has 1 aromatic carbocycles. The number of hydrogen-bond acceptors (Lipinski definition) is 5. The molecule has 0 atom stereocenters. The molecule has 5 rings (SSSR count). The Bertz CT molecular complexity index is 1200. The standard InChI is InChI=1S/C23H26N2O5S/c26-22-11-20(14-24-12-18-3-1-2-4-19(18)13-24)29-16-23(22)30-15-17-7-9-25(10-8-17)31(27,28)21-5-6-21/h1-4,11-13,16-17,21H,5-10,14-15H2. The third-order valence-electron chi connectivity index (χ3n) is 6.15. The fourth-order valence-electron chi connectivity index (χ4n) is 4.15. The second-order valence-corrected chi connectivity index (χ2v) is 10.7. The van der Waals surface area contributed by atoms with E-state index in [0.717, 1.165) is 36.5 Å². The van der Waals surface area contributed by atoms with Crippen molar-refractivity contribution in [3.63, 3.8) is 0 Å². The molecule has 7 nitrogen and oxygen atoms in total. The van der Waals surface area contributed by atoms with Gasteiger partial charge in [-0.2, -0.15) is 0 Å². The van der Waals surface area contributed by atoms with Crippen LogP contribution in [0.25, 0.3) is 10.8 Å². The average molecular weight is 443 g/mol. The van der Waals surface area contributed by atoms with Crippen LogP contribution in [-0.4, -0.2) is 42.2 Å². The topological polar surface area (TPSA) is 81.8 Å². The summed E-state index contributed by atoms with van der Waals surface area (Å²) in [7, 11) is -3.10. The quantitative estimate of drug-likeness (QED) is 0.561. The lowest BCUT2D eigenvalue weighted by atomic mass is 9.99. The van der Waals surface area contributed by atoms with Crippen LogP contribution in [-0.2, 0) is 16.6 Å². The molecular weight excluding hydrogens is 416 g/mol. The first-order chi connectivity index (χ1) is 15.0. The highest BCUT2D eigenvalue weighted by Crippen LogP contribution is 2.33. The summed E-state index contributed by atoms with van der Waals surface area (Å²) in [5.74, 6) is 1.00. The molecule has 2 fully saturated rings. The van der Waals surface area contributed by atoms with Gasteiger partial charge < -0.3 is 13.7 Å². The molecule has 164 valence electrons. The van der Waals surface area contributed by atoms with E-state index in [9.17, 15) is 13.2 Å². The Balaban J connectivity index is 1.16. The first-order valence-corrected chi connectivity index (χ1v) is 12.3. The summed E-state index contributed by atoms with van der Waals surface area (Å²) in [6.07, 6.45) is 8.50. The number of nitrogens with zero attached hydrogens (tertiary/aromatic N) is 2. The molecule has 1 aliphatic carbocycles. The first kappa shape index (κ1) is 20.3. The first-order valence-electron chi connectivity index (χ1n) is 10.8. The van der Waals surface area contributed by atoms with Gasteiger partial charge in [0.25, 0.3) is 0 Å². The Morgan fingerprint density at radius 3 is 2.32 bits per heavy atom. The molecule has 1 saturated carbocycles. The molecule has 0 bridgehead atoms. The Kier molecular flexibility index (Phi) is 5.35. The van der Waals surface area contributed by atoms with Gasteiger partial charge in [-0.3, -0.25) is 4.79 Å². The maximum Gasteiger partial charge on any atom is 0.227 e. The zero-order valence-corrected chi connectivity index (χ0v) is 18.1. The predicted octanol–water partition coefficient (Wildman–Crippen LogP) is 3.23. The highest BCUT2D eigenvalue weighted by Gasteiger charge is 2.41. The lowest BCUT2D eigenvalue weighted by Gasteiger charge is -2.31. The summed E-state index contributed by atoms with van der Waals surface area (Å²) in [5.41, 5.74) is -0.202. The van der Waals surface area contributed by atoms with E-state index in [2.05, 4.69) is 0 Å². The molecule has 1 saturated heterocycles. The normalized spacial score (nSPS) is 18.5. The molecule has 0 unspecified atom stereocenters. The molecule has 0 radical (unpaired) electrons. The number of ether oxygens (including phenoxy) is 1. The van der Waals surface area contributed by atoms with E-state index in [-0.39, 0.29) is 22.3 Å². The van der Waals surface area contributed by atoms with Crippen LogP contribution in [0.15, 0.2) is 58.2 Å². The second kappa shape index (κ2) is 8.16. The third-order valence-corrected chi connectivity index (χ3v) is 8.55. The number of rotatable bonds is 7. The van der Waals surface area contributed by atoms with Gasteiger partial charge in [0, 0.05) is 31.5 Å².